The van der Waals surface area contributed by atoms with Gasteiger partial charge < -0.3 is 68.2 Å². The summed E-state index contributed by atoms with van der Waals surface area (Å²) in [5, 5.41) is 16.3. The molecule has 8 unspecified atom stereocenters. The molecule has 0 radical (unpaired) electrons. The van der Waals surface area contributed by atoms with E-state index in [2.05, 4.69) is 36.1 Å². The van der Waals surface area contributed by atoms with Crippen molar-refractivity contribution in [1.29, 1.82) is 0 Å². The standard InChI is InChI=1S/C36H50N2O8.C22H28N2O3.C14H22O5/c1-25-20-36(34(40)42-5,46-33(27(25)3)26(2)23-43-28(4)39)45-19-18-31-16-17-32(37-31)22-38(21-29-12-8-6-9-13-29)35(41)44-24-30-14-10-7-11-15-30;25-14-13-20-11-12-21(23-20)16-24(15-18-7-3-1-4-8-18)22(26)27-17-19-9-5-2-6-10-19;1-8-6-12(14(16)17-5)19-13(10(8)3)9(2)7-18-11(4)15/h6-15,25-27,31-33,37H,16-24H2,1-5H3;1-10,20-21,23,25H,11-17H2;6,8-10,13H,7H2,1-5H3/t25?,26-,27-,31?,32?,33?,36-;;8?,9-,10-,13?/m1.1/s1. The van der Waals surface area contributed by atoms with Gasteiger partial charge in [-0.25, -0.2) is 19.2 Å². The molecule has 20 heteroatoms. The summed E-state index contributed by atoms with van der Waals surface area (Å²) in [7, 11) is 2.67. The second kappa shape index (κ2) is 38.0. The Morgan fingerprint density at radius 1 is 0.576 bits per heavy atom. The maximum Gasteiger partial charge on any atom is 0.410 e. The maximum atomic E-state index is 13.2. The van der Waals surface area contributed by atoms with Crippen molar-refractivity contribution >= 4 is 36.1 Å². The highest BCUT2D eigenvalue weighted by Crippen LogP contribution is 2.41. The molecule has 0 aromatic heterocycles. The number of hydrogen-bond donors (Lipinski definition) is 3. The van der Waals surface area contributed by atoms with Gasteiger partial charge in [0.2, 0.25) is 5.76 Å². The molecule has 4 heterocycles. The molecule has 4 aromatic carbocycles. The van der Waals surface area contributed by atoms with Crippen LogP contribution in [0, 0.1) is 35.5 Å². The number of amides is 2. The number of aliphatic hydroxyl groups is 1. The molecule has 0 bridgehead atoms. The number of carbonyl (C=O) groups is 6. The Morgan fingerprint density at radius 2 is 1.01 bits per heavy atom. The molecule has 92 heavy (non-hydrogen) atoms. The van der Waals surface area contributed by atoms with E-state index >= 15 is 0 Å². The van der Waals surface area contributed by atoms with Crippen LogP contribution in [-0.2, 0) is 88.1 Å². The summed E-state index contributed by atoms with van der Waals surface area (Å²) >= 11 is 0. The zero-order chi connectivity index (χ0) is 66.6. The lowest BCUT2D eigenvalue weighted by Gasteiger charge is -2.46. The lowest BCUT2D eigenvalue weighted by atomic mass is 9.78. The molecule has 2 amide bonds. The lowest BCUT2D eigenvalue weighted by molar-refractivity contribution is -0.303. The van der Waals surface area contributed by atoms with E-state index < -0.39 is 17.7 Å². The van der Waals surface area contributed by atoms with Gasteiger partial charge in [0, 0.05) is 89.1 Å². The zero-order valence-corrected chi connectivity index (χ0v) is 55.5. The number of allylic oxidation sites excluding steroid dienone is 1. The van der Waals surface area contributed by atoms with Crippen LogP contribution in [0.5, 0.6) is 0 Å². The Kier molecular flexibility index (Phi) is 30.4. The van der Waals surface area contributed by atoms with Crippen molar-refractivity contribution in [2.24, 2.45) is 35.5 Å². The minimum Gasteiger partial charge on any atom is -0.483 e. The molecular weight excluding hydrogens is 1180 g/mol. The van der Waals surface area contributed by atoms with E-state index in [1.807, 2.05) is 142 Å². The maximum absolute atomic E-state index is 13.2. The number of hydrogen-bond acceptors (Lipinski definition) is 18. The average molecular weight is 1280 g/mol. The van der Waals surface area contributed by atoms with Gasteiger partial charge in [-0.1, -0.05) is 163 Å². The number of benzene rings is 4. The quantitative estimate of drug-likeness (QED) is 0.0391. The van der Waals surface area contributed by atoms with Gasteiger partial charge in [-0.15, -0.1) is 0 Å². The zero-order valence-electron chi connectivity index (χ0n) is 55.5. The third-order valence-corrected chi connectivity index (χ3v) is 17.7. The van der Waals surface area contributed by atoms with E-state index in [1.54, 1.807) is 15.9 Å². The summed E-state index contributed by atoms with van der Waals surface area (Å²) in [6.45, 7) is 18.4. The van der Waals surface area contributed by atoms with Crippen LogP contribution in [0.4, 0.5) is 9.59 Å². The van der Waals surface area contributed by atoms with E-state index in [0.29, 0.717) is 51.7 Å². The first-order valence-electron chi connectivity index (χ1n) is 32.5. The van der Waals surface area contributed by atoms with Crippen LogP contribution in [0.3, 0.4) is 0 Å². The molecule has 20 nitrogen and oxygen atoms in total. The average Bonchev–Trinajstić information content (AvgIpc) is 1.03. The molecule has 3 fully saturated rings. The van der Waals surface area contributed by atoms with Crippen LogP contribution < -0.4 is 10.6 Å². The van der Waals surface area contributed by atoms with Crippen molar-refractivity contribution < 1.29 is 76.5 Å². The van der Waals surface area contributed by atoms with Gasteiger partial charge in [0.15, 0.2) is 0 Å². The number of rotatable bonds is 26. The monoisotopic (exact) mass is 1280 g/mol. The van der Waals surface area contributed by atoms with Crippen LogP contribution in [0.2, 0.25) is 0 Å². The number of nitrogens with zero attached hydrogens (tertiary/aromatic N) is 2. The van der Waals surface area contributed by atoms with E-state index in [4.69, 9.17) is 43.0 Å². The van der Waals surface area contributed by atoms with Crippen molar-refractivity contribution in [2.75, 3.05) is 53.7 Å². The Bertz CT molecular complexity index is 2910. The highest BCUT2D eigenvalue weighted by molar-refractivity contribution is 5.86. The van der Waals surface area contributed by atoms with Crippen LogP contribution in [0.15, 0.2) is 133 Å². The Labute approximate surface area is 544 Å². The van der Waals surface area contributed by atoms with Crippen molar-refractivity contribution in [1.82, 2.24) is 20.4 Å². The number of carbonyl (C=O) groups excluding carboxylic acids is 6. The molecule has 4 aliphatic heterocycles. The van der Waals surface area contributed by atoms with Crippen LogP contribution in [-0.4, -0.2) is 147 Å². The first kappa shape index (κ1) is 73.7. The predicted octanol–water partition coefficient (Wildman–Crippen LogP) is 10.7. The first-order valence-corrected chi connectivity index (χ1v) is 32.5. The number of aliphatic hydroxyl groups excluding tert-OH is 1. The van der Waals surface area contributed by atoms with E-state index in [-0.39, 0.29) is 129 Å². The number of nitrogens with one attached hydrogen (secondary N) is 2. The van der Waals surface area contributed by atoms with E-state index in [9.17, 15) is 28.8 Å². The Hall–Kier alpha value is -7.36. The van der Waals surface area contributed by atoms with E-state index in [0.717, 1.165) is 54.4 Å². The largest absolute Gasteiger partial charge is 0.483 e. The van der Waals surface area contributed by atoms with Crippen LogP contribution >= 0.6 is 0 Å². The molecular formula is C72H100N4O16. The van der Waals surface area contributed by atoms with Gasteiger partial charge in [-0.3, -0.25) is 9.59 Å². The summed E-state index contributed by atoms with van der Waals surface area (Å²) in [5.41, 5.74) is 4.04. The molecule has 3 N–H and O–H groups in total. The fourth-order valence-electron chi connectivity index (χ4n) is 12.1. The summed E-state index contributed by atoms with van der Waals surface area (Å²) in [6.07, 6.45) is 6.24. The SMILES string of the molecule is COC(=O)C1=CC(C)[C@@H](C)C([C@H](C)COC(C)=O)O1.COC(=O)[C@@]1(OCCC2CCC(CN(Cc3ccccc3)C(=O)OCc3ccccc3)N2)CC(C)[C@@H](C)C([C@H](C)COC(C)=O)O1.O=C(OCc1ccccc1)N(Cc1ccccc1)CC1CCC(CCO)N1. The molecule has 4 aliphatic rings. The predicted molar refractivity (Wildman–Crippen MR) is 347 cm³/mol. The smallest absolute Gasteiger partial charge is 0.410 e. The lowest BCUT2D eigenvalue weighted by Crippen LogP contribution is -2.57. The van der Waals surface area contributed by atoms with E-state index in [1.165, 1.54) is 28.1 Å². The molecule has 0 aliphatic carbocycles. The van der Waals surface area contributed by atoms with Gasteiger partial charge in [-0.05, 0) is 90.5 Å². The molecule has 13 atom stereocenters. The van der Waals surface area contributed by atoms with Gasteiger partial charge >= 0.3 is 36.1 Å². The summed E-state index contributed by atoms with van der Waals surface area (Å²) < 4.78 is 49.8. The van der Waals surface area contributed by atoms with Crippen molar-refractivity contribution in [3.63, 3.8) is 0 Å². The molecule has 504 valence electrons. The molecule has 3 saturated heterocycles. The second-order valence-electron chi connectivity index (χ2n) is 25.0. The number of methoxy groups -OCH3 is 2. The summed E-state index contributed by atoms with van der Waals surface area (Å²) in [6, 6.07) is 40.1. The molecule has 0 spiro atoms. The van der Waals surface area contributed by atoms with Gasteiger partial charge in [0.05, 0.1) is 40.1 Å². The minimum absolute atomic E-state index is 0.00899. The summed E-state index contributed by atoms with van der Waals surface area (Å²) in [5.74, 6) is -2.42. The molecule has 0 saturated carbocycles. The number of esters is 4. The van der Waals surface area contributed by atoms with Crippen LogP contribution in [0.1, 0.15) is 123 Å². The summed E-state index contributed by atoms with van der Waals surface area (Å²) in [4.78, 5) is 76.4. The first-order chi connectivity index (χ1) is 44.2. The van der Waals surface area contributed by atoms with Crippen molar-refractivity contribution in [3.8, 4) is 0 Å². The topological polar surface area (TPSA) is 236 Å². The highest BCUT2D eigenvalue weighted by atomic mass is 16.7. The van der Waals surface area contributed by atoms with Gasteiger partial charge in [0.25, 0.3) is 5.79 Å². The second-order valence-corrected chi connectivity index (χ2v) is 25.0. The van der Waals surface area contributed by atoms with Gasteiger partial charge in [-0.2, -0.15) is 0 Å². The fraction of sp³-hybridized carbons (Fsp3) is 0.556. The molecule has 8 rings (SSSR count). The molecule has 4 aromatic rings. The third-order valence-electron chi connectivity index (χ3n) is 17.7. The van der Waals surface area contributed by atoms with Crippen LogP contribution in [0.25, 0.3) is 0 Å². The highest BCUT2D eigenvalue weighted by Gasteiger charge is 2.53. The normalized spacial score (nSPS) is 24.6. The van der Waals surface area contributed by atoms with Crippen molar-refractivity contribution in [2.45, 2.75) is 169 Å². The third kappa shape index (κ3) is 23.6. The Balaban J connectivity index is 0.000000245. The number of ether oxygens (including phenoxy) is 9. The van der Waals surface area contributed by atoms with Crippen molar-refractivity contribution in [3.05, 3.63) is 155 Å². The Morgan fingerprint density at radius 3 is 1.45 bits per heavy atom. The minimum atomic E-state index is -1.52. The fourth-order valence-corrected chi connectivity index (χ4v) is 12.1. The van der Waals surface area contributed by atoms with Gasteiger partial charge in [0.1, 0.15) is 19.3 Å².